The zero-order chi connectivity index (χ0) is 14.7. The van der Waals surface area contributed by atoms with Crippen LogP contribution < -0.4 is 0 Å². The molecule has 4 heteroatoms. The van der Waals surface area contributed by atoms with Gasteiger partial charge in [0.25, 0.3) is 0 Å². The molecule has 0 saturated heterocycles. The van der Waals surface area contributed by atoms with Gasteiger partial charge in [-0.05, 0) is 26.7 Å². The van der Waals surface area contributed by atoms with Crippen molar-refractivity contribution in [2.75, 3.05) is 7.11 Å². The van der Waals surface area contributed by atoms with Crippen LogP contribution in [0.4, 0.5) is 0 Å². The predicted molar refractivity (Wildman–Crippen MR) is 72.5 cm³/mol. The molecule has 4 nitrogen and oxygen atoms in total. The van der Waals surface area contributed by atoms with Crippen LogP contribution >= 0.6 is 0 Å². The lowest BCUT2D eigenvalue weighted by atomic mass is 9.67. The second-order valence-corrected chi connectivity index (χ2v) is 5.43. The van der Waals surface area contributed by atoms with Gasteiger partial charge in [-0.25, -0.2) is 0 Å². The fraction of sp³-hybridized carbons (Fsp3) is 0.600. The fourth-order valence-electron chi connectivity index (χ4n) is 2.74. The molecule has 1 aliphatic carbocycles. The van der Waals surface area contributed by atoms with Gasteiger partial charge in [0.05, 0.1) is 18.9 Å². The van der Waals surface area contributed by atoms with Crippen LogP contribution in [0.2, 0.25) is 0 Å². The van der Waals surface area contributed by atoms with Gasteiger partial charge >= 0.3 is 11.9 Å². The third kappa shape index (κ3) is 3.25. The van der Waals surface area contributed by atoms with Crippen molar-refractivity contribution in [3.8, 4) is 0 Å². The number of carbonyl (C=O) groups is 2. The van der Waals surface area contributed by atoms with Gasteiger partial charge in [0.15, 0.2) is 0 Å². The quantitative estimate of drug-likeness (QED) is 0.630. The molecule has 0 aromatic heterocycles. The number of ether oxygens (including phenoxy) is 1. The maximum absolute atomic E-state index is 12.0. The van der Waals surface area contributed by atoms with Crippen LogP contribution in [0.25, 0.3) is 0 Å². The van der Waals surface area contributed by atoms with Gasteiger partial charge in [0.2, 0.25) is 0 Å². The molecular formula is C15H22O4. The minimum absolute atomic E-state index is 0.164. The lowest BCUT2D eigenvalue weighted by molar-refractivity contribution is -0.159. The Labute approximate surface area is 114 Å². The first-order valence-electron chi connectivity index (χ1n) is 6.43. The van der Waals surface area contributed by atoms with Crippen molar-refractivity contribution in [1.29, 1.82) is 0 Å². The van der Waals surface area contributed by atoms with Gasteiger partial charge in [-0.3, -0.25) is 9.59 Å². The van der Waals surface area contributed by atoms with Crippen molar-refractivity contribution in [2.45, 2.75) is 27.7 Å². The Morgan fingerprint density at radius 1 is 1.32 bits per heavy atom. The second-order valence-electron chi connectivity index (χ2n) is 5.43. The molecule has 106 valence electrons. The Balaban J connectivity index is 3.31. The van der Waals surface area contributed by atoms with E-state index in [1.54, 1.807) is 0 Å². The van der Waals surface area contributed by atoms with E-state index in [1.165, 1.54) is 7.11 Å². The predicted octanol–water partition coefficient (Wildman–Crippen LogP) is 2.65. The average Bonchev–Trinajstić information content (AvgIpc) is 2.31. The van der Waals surface area contributed by atoms with Crippen molar-refractivity contribution in [3.05, 3.63) is 23.3 Å². The number of aliphatic carboxylic acids is 1. The van der Waals surface area contributed by atoms with Crippen LogP contribution in [0, 0.1) is 23.7 Å². The highest BCUT2D eigenvalue weighted by atomic mass is 16.5. The summed E-state index contributed by atoms with van der Waals surface area (Å²) in [5, 5.41) is 9.44. The SMILES string of the molecule is COC(=O)C1C(C=C(C)C)C=C(C)C(C)C1C(=O)O. The number of rotatable bonds is 3. The van der Waals surface area contributed by atoms with Crippen LogP contribution in [0.5, 0.6) is 0 Å². The summed E-state index contributed by atoms with van der Waals surface area (Å²) in [7, 11) is 1.30. The number of carboxylic acids is 1. The van der Waals surface area contributed by atoms with E-state index in [1.807, 2.05) is 39.8 Å². The highest BCUT2D eigenvalue weighted by Crippen LogP contribution is 2.40. The summed E-state index contributed by atoms with van der Waals surface area (Å²) in [6.45, 7) is 7.63. The standard InChI is InChI=1S/C15H22O4/c1-8(2)6-11-7-9(3)10(4)12(14(16)17)13(11)15(18)19-5/h6-7,10-13H,1-5H3,(H,16,17). The first-order valence-corrected chi connectivity index (χ1v) is 6.43. The molecule has 1 aliphatic rings. The molecule has 0 saturated carbocycles. The van der Waals surface area contributed by atoms with Gasteiger partial charge in [0, 0.05) is 5.92 Å². The van der Waals surface area contributed by atoms with Crippen LogP contribution in [-0.4, -0.2) is 24.2 Å². The van der Waals surface area contributed by atoms with E-state index in [4.69, 9.17) is 4.74 Å². The highest BCUT2D eigenvalue weighted by Gasteiger charge is 2.45. The van der Waals surface area contributed by atoms with Gasteiger partial charge < -0.3 is 9.84 Å². The molecule has 0 aliphatic heterocycles. The molecule has 0 radical (unpaired) electrons. The summed E-state index contributed by atoms with van der Waals surface area (Å²) in [6, 6.07) is 0. The smallest absolute Gasteiger partial charge is 0.310 e. The monoisotopic (exact) mass is 266 g/mol. The zero-order valence-corrected chi connectivity index (χ0v) is 12.1. The molecule has 4 unspecified atom stereocenters. The lowest BCUT2D eigenvalue weighted by Gasteiger charge is -2.35. The molecule has 0 spiro atoms. The molecule has 0 aromatic rings. The summed E-state index contributed by atoms with van der Waals surface area (Å²) < 4.78 is 4.80. The van der Waals surface area contributed by atoms with Crippen molar-refractivity contribution in [3.63, 3.8) is 0 Å². The normalized spacial score (nSPS) is 30.3. The summed E-state index contributed by atoms with van der Waals surface area (Å²) in [5.74, 6) is -3.17. The van der Waals surface area contributed by atoms with Crippen LogP contribution in [0.15, 0.2) is 23.3 Å². The van der Waals surface area contributed by atoms with Gasteiger partial charge in [-0.1, -0.05) is 30.2 Å². The highest BCUT2D eigenvalue weighted by molar-refractivity contribution is 5.83. The number of carbonyl (C=O) groups excluding carboxylic acids is 1. The van der Waals surface area contributed by atoms with E-state index in [9.17, 15) is 14.7 Å². The van der Waals surface area contributed by atoms with E-state index in [0.717, 1.165) is 11.1 Å². The van der Waals surface area contributed by atoms with E-state index in [2.05, 4.69) is 0 Å². The summed E-state index contributed by atoms with van der Waals surface area (Å²) in [5.41, 5.74) is 2.07. The number of carboxylic acid groups (broad SMARTS) is 1. The second kappa shape index (κ2) is 6.04. The third-order valence-corrected chi connectivity index (χ3v) is 3.80. The van der Waals surface area contributed by atoms with Crippen LogP contribution in [0.3, 0.4) is 0 Å². The Bertz CT molecular complexity index is 429. The van der Waals surface area contributed by atoms with Crippen molar-refractivity contribution < 1.29 is 19.4 Å². The summed E-state index contributed by atoms with van der Waals surface area (Å²) in [4.78, 5) is 23.5. The molecule has 0 aromatic carbocycles. The van der Waals surface area contributed by atoms with Crippen molar-refractivity contribution in [2.24, 2.45) is 23.7 Å². The molecule has 1 N–H and O–H groups in total. The average molecular weight is 266 g/mol. The molecule has 0 amide bonds. The Hall–Kier alpha value is -1.58. The molecule has 4 atom stereocenters. The Morgan fingerprint density at radius 2 is 1.89 bits per heavy atom. The van der Waals surface area contributed by atoms with Gasteiger partial charge in [-0.15, -0.1) is 0 Å². The molecule has 0 bridgehead atoms. The summed E-state index contributed by atoms with van der Waals surface area (Å²) in [6.07, 6.45) is 3.92. The summed E-state index contributed by atoms with van der Waals surface area (Å²) >= 11 is 0. The maximum Gasteiger partial charge on any atom is 0.310 e. The lowest BCUT2D eigenvalue weighted by Crippen LogP contribution is -2.42. The Kier molecular flexibility index (Phi) is 4.92. The fourth-order valence-corrected chi connectivity index (χ4v) is 2.74. The Morgan fingerprint density at radius 3 is 2.32 bits per heavy atom. The van der Waals surface area contributed by atoms with E-state index in [0.29, 0.717) is 0 Å². The van der Waals surface area contributed by atoms with Gasteiger partial charge in [0.1, 0.15) is 0 Å². The molecule has 19 heavy (non-hydrogen) atoms. The van der Waals surface area contributed by atoms with Crippen molar-refractivity contribution in [1.82, 2.24) is 0 Å². The van der Waals surface area contributed by atoms with Crippen LogP contribution in [-0.2, 0) is 14.3 Å². The zero-order valence-electron chi connectivity index (χ0n) is 12.1. The first kappa shape index (κ1) is 15.5. The third-order valence-electron chi connectivity index (χ3n) is 3.80. The minimum atomic E-state index is -0.942. The molecule has 1 rings (SSSR count). The number of esters is 1. The number of allylic oxidation sites excluding steroid dienone is 4. The van der Waals surface area contributed by atoms with Gasteiger partial charge in [-0.2, -0.15) is 0 Å². The largest absolute Gasteiger partial charge is 0.481 e. The molecule has 0 fully saturated rings. The maximum atomic E-state index is 12.0. The van der Waals surface area contributed by atoms with Crippen molar-refractivity contribution >= 4 is 11.9 Å². The number of methoxy groups -OCH3 is 1. The topological polar surface area (TPSA) is 63.6 Å². The van der Waals surface area contributed by atoms with E-state index in [-0.39, 0.29) is 11.8 Å². The van der Waals surface area contributed by atoms with Crippen LogP contribution in [0.1, 0.15) is 27.7 Å². The molecule has 0 heterocycles. The number of hydrogen-bond acceptors (Lipinski definition) is 3. The molecular weight excluding hydrogens is 244 g/mol. The first-order chi connectivity index (χ1) is 8.79. The van der Waals surface area contributed by atoms with E-state index < -0.39 is 23.8 Å². The van der Waals surface area contributed by atoms with E-state index >= 15 is 0 Å². The number of hydrogen-bond donors (Lipinski definition) is 1. The minimum Gasteiger partial charge on any atom is -0.481 e.